The first-order valence-electron chi connectivity index (χ1n) is 10.1. The van der Waals surface area contributed by atoms with Crippen LogP contribution in [0.2, 0.25) is 0 Å². The number of urea groups is 1. The molecule has 0 unspecified atom stereocenters. The largest absolute Gasteiger partial charge is 0.477 e. The topological polar surface area (TPSA) is 139 Å². The molecule has 0 radical (unpaired) electrons. The highest BCUT2D eigenvalue weighted by atomic mass is 32.2. The van der Waals surface area contributed by atoms with Gasteiger partial charge in [0.1, 0.15) is 5.82 Å². The number of sulfonamides is 1. The van der Waals surface area contributed by atoms with Crippen LogP contribution in [0.25, 0.3) is 0 Å². The second-order valence-corrected chi connectivity index (χ2v) is 9.66. The van der Waals surface area contributed by atoms with Crippen molar-refractivity contribution in [2.45, 2.75) is 46.0 Å². The van der Waals surface area contributed by atoms with Crippen LogP contribution < -0.4 is 20.7 Å². The molecule has 0 bridgehead atoms. The molecule has 10 nitrogen and oxygen atoms in total. The van der Waals surface area contributed by atoms with Gasteiger partial charge in [0.2, 0.25) is 5.90 Å². The third-order valence-electron chi connectivity index (χ3n) is 4.61. The lowest BCUT2D eigenvalue weighted by molar-refractivity contribution is 0.256. The van der Waals surface area contributed by atoms with E-state index in [1.807, 2.05) is 57.5 Å². The van der Waals surface area contributed by atoms with Crippen LogP contribution in [0, 0.1) is 0 Å². The molecule has 2 amide bonds. The minimum absolute atomic E-state index is 0.00574. The number of nitrogens with one attached hydrogen (secondary N) is 2. The van der Waals surface area contributed by atoms with E-state index in [-0.39, 0.29) is 22.6 Å². The molecule has 0 saturated heterocycles. The van der Waals surface area contributed by atoms with Crippen molar-refractivity contribution in [1.82, 2.24) is 9.71 Å². The monoisotopic (exact) mass is 452 g/mol. The van der Waals surface area contributed by atoms with Crippen LogP contribution in [0.3, 0.4) is 0 Å². The molecule has 1 aromatic rings. The summed E-state index contributed by atoms with van der Waals surface area (Å²) < 4.78 is 32.8. The lowest BCUT2D eigenvalue weighted by Crippen LogP contribution is -2.38. The molecule has 4 N–H and O–H groups in total. The van der Waals surface area contributed by atoms with Gasteiger partial charge in [-0.25, -0.2) is 22.9 Å². The summed E-state index contributed by atoms with van der Waals surface area (Å²) in [6.07, 6.45) is 1.55. The Morgan fingerprint density at radius 1 is 1.26 bits per heavy atom. The fraction of sp³-hybridized carbons (Fsp3) is 0.550. The first kappa shape index (κ1) is 24.4. The van der Waals surface area contributed by atoms with E-state index in [4.69, 9.17) is 10.5 Å². The van der Waals surface area contributed by atoms with Crippen molar-refractivity contribution >= 4 is 33.5 Å². The molecule has 0 fully saturated rings. The minimum Gasteiger partial charge on any atom is -0.477 e. The van der Waals surface area contributed by atoms with Crippen molar-refractivity contribution in [2.24, 2.45) is 10.7 Å². The van der Waals surface area contributed by atoms with E-state index in [1.165, 1.54) is 0 Å². The number of aromatic nitrogens is 1. The molecule has 2 rings (SSSR count). The molecule has 0 aliphatic carbocycles. The normalized spacial score (nSPS) is 14.8. The molecule has 172 valence electrons. The number of nitrogens with two attached hydrogens (primary N) is 1. The van der Waals surface area contributed by atoms with Gasteiger partial charge in [0.05, 0.1) is 18.0 Å². The van der Waals surface area contributed by atoms with Crippen LogP contribution in [0.1, 0.15) is 57.2 Å². The van der Waals surface area contributed by atoms with E-state index in [9.17, 15) is 13.2 Å². The smallest absolute Gasteiger partial charge is 0.333 e. The number of anilines is 2. The number of pyridine rings is 1. The molecule has 1 aromatic heterocycles. The predicted octanol–water partition coefficient (Wildman–Crippen LogP) is 2.46. The number of ether oxygens (including phenoxy) is 1. The second kappa shape index (κ2) is 9.99. The van der Waals surface area contributed by atoms with Crippen molar-refractivity contribution < 1.29 is 17.9 Å². The van der Waals surface area contributed by atoms with E-state index >= 15 is 0 Å². The van der Waals surface area contributed by atoms with Crippen LogP contribution in [0.15, 0.2) is 22.2 Å². The summed E-state index contributed by atoms with van der Waals surface area (Å²) in [4.78, 5) is 22.9. The molecule has 11 heteroatoms. The highest BCUT2D eigenvalue weighted by Gasteiger charge is 2.28. The number of carbonyl (C=O) groups excluding carboxylic acids is 1. The zero-order chi connectivity index (χ0) is 23.3. The Kier molecular flexibility index (Phi) is 7.88. The third kappa shape index (κ3) is 5.87. The molecule has 1 aliphatic rings. The summed E-state index contributed by atoms with van der Waals surface area (Å²) in [5, 5.41) is 2.69. The summed E-state index contributed by atoms with van der Waals surface area (Å²) >= 11 is 0. The van der Waals surface area contributed by atoms with Crippen LogP contribution in [0.4, 0.5) is 16.3 Å². The highest BCUT2D eigenvalue weighted by Crippen LogP contribution is 2.34. The molecule has 0 saturated carbocycles. The summed E-state index contributed by atoms with van der Waals surface area (Å²) in [5.41, 5.74) is 7.51. The average molecular weight is 453 g/mol. The van der Waals surface area contributed by atoms with Crippen LogP contribution in [-0.2, 0) is 14.8 Å². The van der Waals surface area contributed by atoms with E-state index in [1.54, 1.807) is 0 Å². The number of hydrogen-bond donors (Lipinski definition) is 3. The van der Waals surface area contributed by atoms with Crippen molar-refractivity contribution in [3.8, 4) is 0 Å². The maximum absolute atomic E-state index is 12.7. The second-order valence-electron chi connectivity index (χ2n) is 8.01. The Bertz CT molecular complexity index is 954. The van der Waals surface area contributed by atoms with E-state index in [0.717, 1.165) is 17.6 Å². The van der Waals surface area contributed by atoms with Crippen LogP contribution in [0.5, 0.6) is 0 Å². The molecule has 0 spiro atoms. The summed E-state index contributed by atoms with van der Waals surface area (Å²) in [6, 6.07) is 0.968. The van der Waals surface area contributed by atoms with Gasteiger partial charge in [0.25, 0.3) is 10.0 Å². The van der Waals surface area contributed by atoms with Crippen molar-refractivity contribution in [1.29, 1.82) is 0 Å². The standard InChI is InChI=1S/C20H32N6O4S/c1-12(2)14-10-16(26(5)6)23-17(13(3)4)18(14)24-20(27)25-31(28,29)15(11-21)19-22-8-7-9-30-19/h10-13H,7-9,21H2,1-6H3,(H2,24,25,27)/b15-11+. The number of hydrogen-bond acceptors (Lipinski definition) is 8. The first-order chi connectivity index (χ1) is 14.5. The Morgan fingerprint density at radius 3 is 2.42 bits per heavy atom. The van der Waals surface area contributed by atoms with Gasteiger partial charge in [-0.15, -0.1) is 0 Å². The number of aliphatic imine (C=N–C) groups is 1. The van der Waals surface area contributed by atoms with E-state index in [2.05, 4.69) is 15.3 Å². The minimum atomic E-state index is -4.29. The quantitative estimate of drug-likeness (QED) is 0.577. The average Bonchev–Trinajstić information content (AvgIpc) is 2.68. The number of amides is 2. The van der Waals surface area contributed by atoms with Gasteiger partial charge in [-0.1, -0.05) is 27.7 Å². The van der Waals surface area contributed by atoms with Crippen molar-refractivity contribution in [2.75, 3.05) is 37.5 Å². The molecule has 1 aliphatic heterocycles. The maximum atomic E-state index is 12.7. The lowest BCUT2D eigenvalue weighted by Gasteiger charge is -2.23. The van der Waals surface area contributed by atoms with Gasteiger partial charge in [-0.3, -0.25) is 4.99 Å². The zero-order valence-corrected chi connectivity index (χ0v) is 19.7. The van der Waals surface area contributed by atoms with E-state index < -0.39 is 16.1 Å². The molecule has 0 aromatic carbocycles. The summed E-state index contributed by atoms with van der Waals surface area (Å²) in [5.74, 6) is 0.716. The molecule has 0 atom stereocenters. The Hall–Kier alpha value is -2.82. The third-order valence-corrected chi connectivity index (χ3v) is 5.95. The van der Waals surface area contributed by atoms with Crippen molar-refractivity contribution in [3.63, 3.8) is 0 Å². The fourth-order valence-electron chi connectivity index (χ4n) is 3.01. The Balaban J connectivity index is 2.37. The van der Waals surface area contributed by atoms with Crippen LogP contribution >= 0.6 is 0 Å². The van der Waals surface area contributed by atoms with Gasteiger partial charge in [-0.05, 0) is 23.5 Å². The Morgan fingerprint density at radius 2 is 1.94 bits per heavy atom. The molecular weight excluding hydrogens is 420 g/mol. The maximum Gasteiger partial charge on any atom is 0.333 e. The first-order valence-corrected chi connectivity index (χ1v) is 11.6. The fourth-order valence-corrected chi connectivity index (χ4v) is 3.95. The lowest BCUT2D eigenvalue weighted by atomic mass is 9.96. The zero-order valence-electron chi connectivity index (χ0n) is 18.9. The molecular formula is C20H32N6O4S. The molecule has 31 heavy (non-hydrogen) atoms. The van der Waals surface area contributed by atoms with Crippen molar-refractivity contribution in [3.05, 3.63) is 28.4 Å². The highest BCUT2D eigenvalue weighted by molar-refractivity contribution is 7.94. The molecule has 2 heterocycles. The summed E-state index contributed by atoms with van der Waals surface area (Å²) in [6.45, 7) is 8.66. The van der Waals surface area contributed by atoms with Gasteiger partial charge < -0.3 is 20.7 Å². The summed E-state index contributed by atoms with van der Waals surface area (Å²) in [7, 11) is -0.512. The predicted molar refractivity (Wildman–Crippen MR) is 123 cm³/mol. The Labute approximate surface area is 184 Å². The number of rotatable bonds is 7. The number of carbonyl (C=O) groups is 1. The van der Waals surface area contributed by atoms with E-state index in [0.29, 0.717) is 31.0 Å². The van der Waals surface area contributed by atoms with Gasteiger partial charge in [0, 0.05) is 33.3 Å². The van der Waals surface area contributed by atoms with Gasteiger partial charge in [-0.2, -0.15) is 0 Å². The van der Waals surface area contributed by atoms with Gasteiger partial charge in [0.15, 0.2) is 4.91 Å². The van der Waals surface area contributed by atoms with Crippen LogP contribution in [-0.4, -0.2) is 52.6 Å². The van der Waals surface area contributed by atoms with Gasteiger partial charge >= 0.3 is 6.03 Å². The number of nitrogens with zero attached hydrogens (tertiary/aromatic N) is 3. The SMILES string of the molecule is CC(C)c1cc(N(C)C)nc(C(C)C)c1NC(=O)NS(=O)(=O)/C(=C/N)C1=NCCCO1.